The van der Waals surface area contributed by atoms with Crippen molar-refractivity contribution >= 4 is 11.6 Å². The van der Waals surface area contributed by atoms with E-state index in [1.807, 2.05) is 19.1 Å². The van der Waals surface area contributed by atoms with Crippen molar-refractivity contribution in [3.05, 3.63) is 29.3 Å². The van der Waals surface area contributed by atoms with E-state index in [1.165, 1.54) is 0 Å². The second-order valence-corrected chi connectivity index (χ2v) is 5.94. The summed E-state index contributed by atoms with van der Waals surface area (Å²) in [5, 5.41) is 3.07. The lowest BCUT2D eigenvalue weighted by atomic mass is 9.64. The maximum Gasteiger partial charge on any atom is 0.251 e. The van der Waals surface area contributed by atoms with Gasteiger partial charge < -0.3 is 15.8 Å². The van der Waals surface area contributed by atoms with E-state index in [9.17, 15) is 4.79 Å². The van der Waals surface area contributed by atoms with Crippen LogP contribution in [-0.2, 0) is 4.74 Å². The minimum absolute atomic E-state index is 0.0280. The number of benzene rings is 1. The third kappa shape index (κ3) is 2.59. The smallest absolute Gasteiger partial charge is 0.251 e. The van der Waals surface area contributed by atoms with E-state index in [-0.39, 0.29) is 23.5 Å². The number of nitrogens with one attached hydrogen (secondary N) is 1. The number of amides is 1. The fourth-order valence-corrected chi connectivity index (χ4v) is 2.72. The molecule has 0 radical (unpaired) electrons. The van der Waals surface area contributed by atoms with Gasteiger partial charge in [0.2, 0.25) is 0 Å². The van der Waals surface area contributed by atoms with E-state index in [1.54, 1.807) is 13.2 Å². The largest absolute Gasteiger partial charge is 0.399 e. The van der Waals surface area contributed by atoms with E-state index >= 15 is 0 Å². The highest BCUT2D eigenvalue weighted by atomic mass is 16.5. The Balaban J connectivity index is 2.06. The Morgan fingerprint density at radius 1 is 1.42 bits per heavy atom. The predicted molar refractivity (Wildman–Crippen MR) is 76.0 cm³/mol. The molecule has 1 aromatic carbocycles. The van der Waals surface area contributed by atoms with Crippen LogP contribution in [0.4, 0.5) is 5.69 Å². The van der Waals surface area contributed by atoms with Gasteiger partial charge in [0.15, 0.2) is 0 Å². The Kier molecular flexibility index (Phi) is 3.54. The van der Waals surface area contributed by atoms with Crippen LogP contribution in [0.5, 0.6) is 0 Å². The van der Waals surface area contributed by atoms with Gasteiger partial charge in [0.05, 0.1) is 6.10 Å². The fourth-order valence-electron chi connectivity index (χ4n) is 2.72. The van der Waals surface area contributed by atoms with Gasteiger partial charge in [0.1, 0.15) is 0 Å². The van der Waals surface area contributed by atoms with E-state index in [0.29, 0.717) is 11.3 Å². The molecule has 0 heterocycles. The lowest BCUT2D eigenvalue weighted by Gasteiger charge is -2.51. The van der Waals surface area contributed by atoms with Gasteiger partial charge in [-0.15, -0.1) is 0 Å². The molecule has 3 N–H and O–H groups in total. The maximum atomic E-state index is 12.2. The molecule has 104 valence electrons. The molecule has 0 aromatic heterocycles. The second kappa shape index (κ2) is 4.85. The minimum Gasteiger partial charge on any atom is -0.399 e. The van der Waals surface area contributed by atoms with E-state index in [0.717, 1.165) is 12.0 Å². The van der Waals surface area contributed by atoms with Crippen LogP contribution in [-0.4, -0.2) is 25.2 Å². The number of hydrogen-bond acceptors (Lipinski definition) is 3. The number of carbonyl (C=O) groups excluding carboxylic acids is 1. The van der Waals surface area contributed by atoms with Gasteiger partial charge in [0.25, 0.3) is 5.91 Å². The normalized spacial score (nSPS) is 24.6. The van der Waals surface area contributed by atoms with Crippen LogP contribution >= 0.6 is 0 Å². The number of aryl methyl sites for hydroxylation is 1. The average Bonchev–Trinajstić information content (AvgIpc) is 2.32. The number of carbonyl (C=O) groups is 1. The van der Waals surface area contributed by atoms with Gasteiger partial charge in [-0.3, -0.25) is 4.79 Å². The molecule has 4 nitrogen and oxygen atoms in total. The Labute approximate surface area is 114 Å². The first-order valence-corrected chi connectivity index (χ1v) is 6.55. The standard InChI is InChI=1S/C15H22N2O2/c1-9-5-10(7-11(16)6-9)14(18)17-12-8-13(19-4)15(12,2)3/h5-7,12-13H,8,16H2,1-4H3,(H,17,18). The van der Waals surface area contributed by atoms with Crippen LogP contribution in [0.1, 0.15) is 36.2 Å². The topological polar surface area (TPSA) is 64.3 Å². The van der Waals surface area contributed by atoms with Crippen LogP contribution in [0.25, 0.3) is 0 Å². The van der Waals surface area contributed by atoms with Gasteiger partial charge in [-0.1, -0.05) is 13.8 Å². The number of methoxy groups -OCH3 is 1. The summed E-state index contributed by atoms with van der Waals surface area (Å²) in [6.45, 7) is 6.15. The predicted octanol–water partition coefficient (Wildman–Crippen LogP) is 2.12. The molecule has 1 aliphatic rings. The van der Waals surface area contributed by atoms with Crippen LogP contribution in [0, 0.1) is 12.3 Å². The summed E-state index contributed by atoms with van der Waals surface area (Å²) in [6.07, 6.45) is 1.07. The van der Waals surface area contributed by atoms with Crippen molar-refractivity contribution in [2.45, 2.75) is 39.3 Å². The van der Waals surface area contributed by atoms with Gasteiger partial charge in [0, 0.05) is 29.8 Å². The first-order chi connectivity index (χ1) is 8.84. The second-order valence-electron chi connectivity index (χ2n) is 5.94. The minimum atomic E-state index is -0.0666. The number of hydrogen-bond donors (Lipinski definition) is 2. The number of nitrogen functional groups attached to an aromatic ring is 1. The van der Waals surface area contributed by atoms with Gasteiger partial charge in [-0.25, -0.2) is 0 Å². The van der Waals surface area contributed by atoms with Crippen molar-refractivity contribution in [3.8, 4) is 0 Å². The summed E-state index contributed by atoms with van der Waals surface area (Å²) < 4.78 is 5.39. The Morgan fingerprint density at radius 2 is 2.11 bits per heavy atom. The van der Waals surface area contributed by atoms with Crippen LogP contribution in [0.3, 0.4) is 0 Å². The lowest BCUT2D eigenvalue weighted by Crippen LogP contribution is -2.61. The molecule has 1 amide bonds. The SMILES string of the molecule is COC1CC(NC(=O)c2cc(C)cc(N)c2)C1(C)C. The molecule has 2 rings (SSSR count). The molecule has 0 spiro atoms. The third-order valence-corrected chi connectivity index (χ3v) is 4.13. The molecule has 2 atom stereocenters. The van der Waals surface area contributed by atoms with Gasteiger partial charge in [-0.2, -0.15) is 0 Å². The summed E-state index contributed by atoms with van der Waals surface area (Å²) in [6, 6.07) is 5.56. The molecule has 0 saturated heterocycles. The zero-order chi connectivity index (χ0) is 14.2. The molecular weight excluding hydrogens is 240 g/mol. The van der Waals surface area contributed by atoms with E-state index < -0.39 is 0 Å². The Bertz CT molecular complexity index is 477. The maximum absolute atomic E-state index is 12.2. The number of nitrogens with two attached hydrogens (primary N) is 1. The fraction of sp³-hybridized carbons (Fsp3) is 0.533. The van der Waals surface area contributed by atoms with Crippen molar-refractivity contribution in [3.63, 3.8) is 0 Å². The van der Waals surface area contributed by atoms with Crippen LogP contribution < -0.4 is 11.1 Å². The summed E-state index contributed by atoms with van der Waals surface area (Å²) in [7, 11) is 1.71. The quantitative estimate of drug-likeness (QED) is 0.820. The summed E-state index contributed by atoms with van der Waals surface area (Å²) in [4.78, 5) is 12.2. The molecule has 1 aromatic rings. The van der Waals surface area contributed by atoms with Crippen molar-refractivity contribution in [2.24, 2.45) is 5.41 Å². The molecule has 0 aliphatic heterocycles. The lowest BCUT2D eigenvalue weighted by molar-refractivity contribution is -0.0942. The van der Waals surface area contributed by atoms with E-state index in [4.69, 9.17) is 10.5 Å². The highest BCUT2D eigenvalue weighted by Gasteiger charge is 2.49. The Morgan fingerprint density at radius 3 is 2.63 bits per heavy atom. The molecule has 0 bridgehead atoms. The average molecular weight is 262 g/mol. The molecular formula is C15H22N2O2. The zero-order valence-electron chi connectivity index (χ0n) is 12.0. The van der Waals surface area contributed by atoms with E-state index in [2.05, 4.69) is 19.2 Å². The first-order valence-electron chi connectivity index (χ1n) is 6.55. The highest BCUT2D eigenvalue weighted by molar-refractivity contribution is 5.95. The zero-order valence-corrected chi connectivity index (χ0v) is 12.0. The number of ether oxygens (including phenoxy) is 1. The molecule has 1 aliphatic carbocycles. The molecule has 1 saturated carbocycles. The number of rotatable bonds is 3. The molecule has 1 fully saturated rings. The van der Waals surface area contributed by atoms with Crippen molar-refractivity contribution < 1.29 is 9.53 Å². The summed E-state index contributed by atoms with van der Waals surface area (Å²) >= 11 is 0. The van der Waals surface area contributed by atoms with Crippen LogP contribution in [0.15, 0.2) is 18.2 Å². The molecule has 4 heteroatoms. The number of anilines is 1. The van der Waals surface area contributed by atoms with Crippen LogP contribution in [0.2, 0.25) is 0 Å². The third-order valence-electron chi connectivity index (χ3n) is 4.13. The molecule has 19 heavy (non-hydrogen) atoms. The first kappa shape index (κ1) is 13.9. The van der Waals surface area contributed by atoms with Crippen molar-refractivity contribution in [1.29, 1.82) is 0 Å². The Hall–Kier alpha value is -1.55. The molecule has 2 unspecified atom stereocenters. The van der Waals surface area contributed by atoms with Crippen molar-refractivity contribution in [1.82, 2.24) is 5.32 Å². The summed E-state index contributed by atoms with van der Waals surface area (Å²) in [5.74, 6) is -0.0666. The highest BCUT2D eigenvalue weighted by Crippen LogP contribution is 2.42. The monoisotopic (exact) mass is 262 g/mol. The summed E-state index contributed by atoms with van der Waals surface area (Å²) in [5.41, 5.74) is 7.97. The van der Waals surface area contributed by atoms with Gasteiger partial charge in [-0.05, 0) is 37.1 Å². The van der Waals surface area contributed by atoms with Crippen molar-refractivity contribution in [2.75, 3.05) is 12.8 Å². The van der Waals surface area contributed by atoms with Gasteiger partial charge >= 0.3 is 0 Å².